The molecule has 0 bridgehead atoms. The van der Waals surface area contributed by atoms with E-state index in [4.69, 9.17) is 9.84 Å². The van der Waals surface area contributed by atoms with E-state index in [1.54, 1.807) is 23.8 Å². The van der Waals surface area contributed by atoms with Gasteiger partial charge in [-0.1, -0.05) is 18.2 Å². The molecule has 35 heavy (non-hydrogen) atoms. The zero-order chi connectivity index (χ0) is 24.4. The van der Waals surface area contributed by atoms with E-state index in [1.165, 1.54) is 5.56 Å². The summed E-state index contributed by atoms with van der Waals surface area (Å²) in [7, 11) is 0. The molecule has 8 heteroatoms. The summed E-state index contributed by atoms with van der Waals surface area (Å²) < 4.78 is 7.55. The molecule has 8 nitrogen and oxygen atoms in total. The third-order valence-electron chi connectivity index (χ3n) is 5.79. The van der Waals surface area contributed by atoms with Crippen LogP contribution in [-0.2, 0) is 4.79 Å². The number of ether oxygens (including phenoxy) is 1. The average molecular weight is 465 g/mol. The van der Waals surface area contributed by atoms with Gasteiger partial charge in [0, 0.05) is 29.2 Å². The number of aryl methyl sites for hydroxylation is 2. The number of hydrogen-bond acceptors (Lipinski definition) is 6. The van der Waals surface area contributed by atoms with Crippen LogP contribution in [0.25, 0.3) is 28.3 Å². The molecule has 0 aliphatic rings. The van der Waals surface area contributed by atoms with Crippen molar-refractivity contribution in [1.82, 2.24) is 24.8 Å². The fraction of sp³-hybridized carbons (Fsp3) is 0.148. The first-order valence-corrected chi connectivity index (χ1v) is 11.3. The van der Waals surface area contributed by atoms with Crippen LogP contribution >= 0.6 is 0 Å². The Labute approximate surface area is 202 Å². The van der Waals surface area contributed by atoms with Crippen LogP contribution < -0.4 is 10.1 Å². The van der Waals surface area contributed by atoms with Crippen LogP contribution in [0.5, 0.6) is 5.75 Å². The second-order valence-corrected chi connectivity index (χ2v) is 8.32. The van der Waals surface area contributed by atoms with E-state index < -0.39 is 6.10 Å². The Morgan fingerprint density at radius 3 is 2.54 bits per heavy atom. The Balaban J connectivity index is 1.36. The van der Waals surface area contributed by atoms with Gasteiger partial charge in [0.05, 0.1) is 5.69 Å². The number of benzene rings is 2. The van der Waals surface area contributed by atoms with Crippen molar-refractivity contribution in [2.75, 3.05) is 5.32 Å². The molecule has 0 aliphatic carbocycles. The fourth-order valence-corrected chi connectivity index (χ4v) is 3.67. The molecule has 0 spiro atoms. The molecule has 1 atom stereocenters. The summed E-state index contributed by atoms with van der Waals surface area (Å²) in [6.45, 7) is 5.79. The first kappa shape index (κ1) is 22.2. The highest BCUT2D eigenvalue weighted by atomic mass is 16.5. The number of carbonyl (C=O) groups is 1. The molecule has 1 amide bonds. The van der Waals surface area contributed by atoms with Gasteiger partial charge in [-0.2, -0.15) is 9.61 Å². The van der Waals surface area contributed by atoms with Crippen molar-refractivity contribution in [3.8, 4) is 28.4 Å². The van der Waals surface area contributed by atoms with Crippen LogP contribution in [0.1, 0.15) is 18.1 Å². The van der Waals surface area contributed by atoms with E-state index in [9.17, 15) is 4.79 Å². The summed E-state index contributed by atoms with van der Waals surface area (Å²) in [5.74, 6) is 1.06. The lowest BCUT2D eigenvalue weighted by Crippen LogP contribution is -2.30. The van der Waals surface area contributed by atoms with Crippen LogP contribution in [0.3, 0.4) is 0 Å². The molecule has 2 aromatic carbocycles. The summed E-state index contributed by atoms with van der Waals surface area (Å²) in [6, 6.07) is 20.8. The normalized spacial score (nSPS) is 11.9. The average Bonchev–Trinajstić information content (AvgIpc) is 3.30. The Hall–Kier alpha value is -4.59. The van der Waals surface area contributed by atoms with Crippen molar-refractivity contribution in [2.24, 2.45) is 0 Å². The number of hydrogen-bond donors (Lipinski definition) is 1. The molecule has 3 aromatic heterocycles. The molecular weight excluding hydrogens is 440 g/mol. The largest absolute Gasteiger partial charge is 0.481 e. The molecule has 1 unspecified atom stereocenters. The van der Waals surface area contributed by atoms with Gasteiger partial charge in [0.25, 0.3) is 5.91 Å². The number of carbonyl (C=O) groups excluding carboxylic acids is 1. The van der Waals surface area contributed by atoms with Gasteiger partial charge in [0.2, 0.25) is 0 Å². The summed E-state index contributed by atoms with van der Waals surface area (Å²) >= 11 is 0. The maximum atomic E-state index is 12.8. The topological polar surface area (TPSA) is 94.3 Å². The van der Waals surface area contributed by atoms with Crippen molar-refractivity contribution >= 4 is 17.2 Å². The minimum absolute atomic E-state index is 0.234. The van der Waals surface area contributed by atoms with Gasteiger partial charge in [-0.25, -0.2) is 0 Å². The number of nitrogens with one attached hydrogen (secondary N) is 1. The van der Waals surface area contributed by atoms with E-state index in [1.807, 2.05) is 80.6 Å². The number of aromatic nitrogens is 5. The molecule has 5 rings (SSSR count). The van der Waals surface area contributed by atoms with E-state index >= 15 is 0 Å². The van der Waals surface area contributed by atoms with E-state index in [2.05, 4.69) is 20.5 Å². The van der Waals surface area contributed by atoms with Gasteiger partial charge in [-0.05, 0) is 80.4 Å². The highest BCUT2D eigenvalue weighted by Gasteiger charge is 2.16. The van der Waals surface area contributed by atoms with E-state index in [0.717, 1.165) is 22.4 Å². The Bertz CT molecular complexity index is 1510. The number of pyridine rings is 1. The van der Waals surface area contributed by atoms with Crippen LogP contribution in [0, 0.1) is 13.8 Å². The predicted octanol–water partition coefficient (Wildman–Crippen LogP) is 4.88. The second-order valence-electron chi connectivity index (χ2n) is 8.32. The highest BCUT2D eigenvalue weighted by molar-refractivity contribution is 5.94. The highest BCUT2D eigenvalue weighted by Crippen LogP contribution is 2.24. The Morgan fingerprint density at radius 1 is 0.914 bits per heavy atom. The quantitative estimate of drug-likeness (QED) is 0.385. The van der Waals surface area contributed by atoms with Gasteiger partial charge in [-0.15, -0.1) is 10.2 Å². The molecular formula is C27H24N6O2. The molecule has 1 N–H and O–H groups in total. The molecule has 174 valence electrons. The lowest BCUT2D eigenvalue weighted by atomic mass is 10.1. The number of nitrogens with zero attached hydrogens (tertiary/aromatic N) is 5. The molecule has 0 saturated carbocycles. The van der Waals surface area contributed by atoms with Crippen molar-refractivity contribution in [2.45, 2.75) is 26.9 Å². The molecule has 0 aliphatic heterocycles. The first-order valence-electron chi connectivity index (χ1n) is 11.3. The third-order valence-corrected chi connectivity index (χ3v) is 5.79. The standard InChI is InChI=1S/C27H24N6O2/c1-17-7-8-23(15-18(17)2)35-19(3)27(34)29-22-6-4-5-21(16-22)24-9-10-25-30-31-26(33(25)32-24)20-11-13-28-14-12-20/h4-16,19H,1-3H3,(H,29,34). The molecule has 3 heterocycles. The third kappa shape index (κ3) is 4.72. The van der Waals surface area contributed by atoms with Gasteiger partial charge in [-0.3, -0.25) is 9.78 Å². The maximum Gasteiger partial charge on any atom is 0.265 e. The Kier molecular flexibility index (Phi) is 5.93. The van der Waals surface area contributed by atoms with Crippen molar-refractivity contribution in [3.05, 3.63) is 90.3 Å². The smallest absolute Gasteiger partial charge is 0.265 e. The summed E-state index contributed by atoms with van der Waals surface area (Å²) in [4.78, 5) is 16.8. The summed E-state index contributed by atoms with van der Waals surface area (Å²) in [5, 5.41) is 16.2. The molecule has 0 radical (unpaired) electrons. The van der Waals surface area contributed by atoms with Gasteiger partial charge < -0.3 is 10.1 Å². The van der Waals surface area contributed by atoms with E-state index in [0.29, 0.717) is 22.9 Å². The molecule has 0 saturated heterocycles. The lowest BCUT2D eigenvalue weighted by Gasteiger charge is -2.16. The minimum Gasteiger partial charge on any atom is -0.481 e. The summed E-state index contributed by atoms with van der Waals surface area (Å²) in [6.07, 6.45) is 2.75. The zero-order valence-electron chi connectivity index (χ0n) is 19.6. The SMILES string of the molecule is Cc1ccc(OC(C)C(=O)Nc2cccc(-c3ccc4nnc(-c5ccncc5)n4n3)c2)cc1C. The molecule has 5 aromatic rings. The van der Waals surface area contributed by atoms with Gasteiger partial charge >= 0.3 is 0 Å². The fourth-order valence-electron chi connectivity index (χ4n) is 3.67. The van der Waals surface area contributed by atoms with Crippen LogP contribution in [0.15, 0.2) is 79.1 Å². The van der Waals surface area contributed by atoms with Crippen LogP contribution in [0.4, 0.5) is 5.69 Å². The monoisotopic (exact) mass is 464 g/mol. The number of anilines is 1. The second kappa shape index (κ2) is 9.34. The van der Waals surface area contributed by atoms with Crippen molar-refractivity contribution < 1.29 is 9.53 Å². The number of amides is 1. The van der Waals surface area contributed by atoms with Crippen LogP contribution in [0.2, 0.25) is 0 Å². The predicted molar refractivity (Wildman–Crippen MR) is 134 cm³/mol. The van der Waals surface area contributed by atoms with Gasteiger partial charge in [0.15, 0.2) is 17.6 Å². The summed E-state index contributed by atoms with van der Waals surface area (Å²) in [5.41, 5.74) is 6.04. The lowest BCUT2D eigenvalue weighted by molar-refractivity contribution is -0.122. The van der Waals surface area contributed by atoms with Crippen LogP contribution in [-0.4, -0.2) is 36.8 Å². The number of rotatable bonds is 6. The Morgan fingerprint density at radius 2 is 1.74 bits per heavy atom. The minimum atomic E-state index is -0.657. The number of fused-ring (bicyclic) bond motifs is 1. The zero-order valence-corrected chi connectivity index (χ0v) is 19.6. The van der Waals surface area contributed by atoms with E-state index in [-0.39, 0.29) is 5.91 Å². The molecule has 0 fully saturated rings. The first-order chi connectivity index (χ1) is 17.0. The van der Waals surface area contributed by atoms with Crippen molar-refractivity contribution in [3.63, 3.8) is 0 Å². The van der Waals surface area contributed by atoms with Crippen molar-refractivity contribution in [1.29, 1.82) is 0 Å². The maximum absolute atomic E-state index is 12.8. The van der Waals surface area contributed by atoms with Gasteiger partial charge in [0.1, 0.15) is 5.75 Å².